The molecule has 0 spiro atoms. The predicted molar refractivity (Wildman–Crippen MR) is 106 cm³/mol. The second-order valence-electron chi connectivity index (χ2n) is 9.35. The van der Waals surface area contributed by atoms with Crippen molar-refractivity contribution in [2.75, 3.05) is 0 Å². The van der Waals surface area contributed by atoms with Crippen molar-refractivity contribution in [1.82, 2.24) is 15.5 Å². The van der Waals surface area contributed by atoms with Crippen molar-refractivity contribution in [2.24, 2.45) is 0 Å². The van der Waals surface area contributed by atoms with Crippen LogP contribution in [0.15, 0.2) is 24.3 Å². The Hall–Kier alpha value is -2.47. The van der Waals surface area contributed by atoms with Gasteiger partial charge in [0, 0.05) is 29.6 Å². The molecule has 1 fully saturated rings. The molecule has 148 valence electrons. The third-order valence-corrected chi connectivity index (χ3v) is 5.72. The number of fused-ring (bicyclic) bond motifs is 1. The van der Waals surface area contributed by atoms with Crippen molar-refractivity contribution >= 4 is 23.3 Å². The maximum atomic E-state index is 12.9. The van der Waals surface area contributed by atoms with E-state index in [-0.39, 0.29) is 35.2 Å². The Kier molecular flexibility index (Phi) is 4.23. The van der Waals surface area contributed by atoms with E-state index in [1.165, 1.54) is 5.57 Å². The molecular formula is C22H27N3O3. The van der Waals surface area contributed by atoms with E-state index in [0.717, 1.165) is 17.5 Å². The molecule has 3 aliphatic rings. The number of carbonyl (C=O) groups excluding carboxylic acids is 3. The normalized spacial score (nSPS) is 26.0. The Morgan fingerprint density at radius 1 is 1.11 bits per heavy atom. The minimum atomic E-state index is -0.572. The van der Waals surface area contributed by atoms with Gasteiger partial charge in [0.1, 0.15) is 6.04 Å². The van der Waals surface area contributed by atoms with Crippen molar-refractivity contribution in [3.8, 4) is 0 Å². The standard InChI is InChI=1S/C22H27N3O3/c1-21(2)10-15(11-22(3,4)24-21)13-5-6-16-14(9-13)12-25(20(16)28)17-7-8-18(26)23-19(17)27/h5-6,9-10,17,24H,7-8,11-12H2,1-4H3,(H,23,26,27). The summed E-state index contributed by atoms with van der Waals surface area (Å²) in [7, 11) is 0. The summed E-state index contributed by atoms with van der Waals surface area (Å²) in [4.78, 5) is 38.1. The summed E-state index contributed by atoms with van der Waals surface area (Å²) < 4.78 is 0. The van der Waals surface area contributed by atoms with Crippen molar-refractivity contribution in [2.45, 2.75) is 70.6 Å². The van der Waals surface area contributed by atoms with E-state index in [4.69, 9.17) is 0 Å². The molecule has 6 nitrogen and oxygen atoms in total. The fraction of sp³-hybridized carbons (Fsp3) is 0.500. The van der Waals surface area contributed by atoms with Gasteiger partial charge in [0.15, 0.2) is 0 Å². The first-order valence-electron chi connectivity index (χ1n) is 9.84. The molecule has 0 aliphatic carbocycles. The minimum absolute atomic E-state index is 0.0127. The molecule has 0 radical (unpaired) electrons. The average molecular weight is 381 g/mol. The summed E-state index contributed by atoms with van der Waals surface area (Å²) >= 11 is 0. The van der Waals surface area contributed by atoms with Gasteiger partial charge in [-0.15, -0.1) is 0 Å². The molecule has 1 saturated heterocycles. The van der Waals surface area contributed by atoms with Gasteiger partial charge in [0.05, 0.1) is 0 Å². The first kappa shape index (κ1) is 18.9. The van der Waals surface area contributed by atoms with Gasteiger partial charge in [-0.1, -0.05) is 12.1 Å². The Morgan fingerprint density at radius 2 is 1.86 bits per heavy atom. The molecule has 1 atom stereocenters. The zero-order valence-electron chi connectivity index (χ0n) is 16.9. The quantitative estimate of drug-likeness (QED) is 0.771. The van der Waals surface area contributed by atoms with Crippen molar-refractivity contribution in [1.29, 1.82) is 0 Å². The summed E-state index contributed by atoms with van der Waals surface area (Å²) in [6.45, 7) is 9.13. The second-order valence-corrected chi connectivity index (χ2v) is 9.35. The molecule has 3 amide bonds. The van der Waals surface area contributed by atoms with E-state index < -0.39 is 6.04 Å². The van der Waals surface area contributed by atoms with E-state index >= 15 is 0 Å². The van der Waals surface area contributed by atoms with E-state index in [9.17, 15) is 14.4 Å². The zero-order chi connectivity index (χ0) is 20.3. The average Bonchev–Trinajstić information content (AvgIpc) is 2.88. The molecule has 28 heavy (non-hydrogen) atoms. The Bertz CT molecular complexity index is 914. The summed E-state index contributed by atoms with van der Waals surface area (Å²) in [6.07, 6.45) is 3.82. The zero-order valence-corrected chi connectivity index (χ0v) is 16.9. The number of amides is 3. The highest BCUT2D eigenvalue weighted by molar-refractivity contribution is 6.05. The summed E-state index contributed by atoms with van der Waals surface area (Å²) in [5.41, 5.74) is 3.87. The molecule has 6 heteroatoms. The largest absolute Gasteiger partial charge is 0.322 e. The SMILES string of the molecule is CC1(C)C=C(c2ccc3c(c2)CN(C2CCC(=O)NC2=O)C3=O)CC(C)(C)N1. The lowest BCUT2D eigenvalue weighted by Crippen LogP contribution is -2.53. The number of benzene rings is 1. The third kappa shape index (κ3) is 3.37. The van der Waals surface area contributed by atoms with Gasteiger partial charge < -0.3 is 10.2 Å². The molecule has 1 aromatic rings. The smallest absolute Gasteiger partial charge is 0.255 e. The first-order chi connectivity index (χ1) is 13.0. The van der Waals surface area contributed by atoms with Crippen LogP contribution in [0.5, 0.6) is 0 Å². The first-order valence-corrected chi connectivity index (χ1v) is 9.84. The summed E-state index contributed by atoms with van der Waals surface area (Å²) in [5, 5.41) is 5.99. The van der Waals surface area contributed by atoms with Crippen LogP contribution in [0.2, 0.25) is 0 Å². The molecular weight excluding hydrogens is 354 g/mol. The van der Waals surface area contributed by atoms with Crippen LogP contribution in [-0.4, -0.2) is 39.7 Å². The number of nitrogens with one attached hydrogen (secondary N) is 2. The molecule has 0 saturated carbocycles. The Balaban J connectivity index is 1.62. The maximum Gasteiger partial charge on any atom is 0.255 e. The highest BCUT2D eigenvalue weighted by Gasteiger charge is 2.39. The van der Waals surface area contributed by atoms with Crippen LogP contribution in [0.25, 0.3) is 5.57 Å². The Morgan fingerprint density at radius 3 is 2.54 bits per heavy atom. The van der Waals surface area contributed by atoms with E-state index in [2.05, 4.69) is 50.5 Å². The van der Waals surface area contributed by atoms with E-state index in [1.807, 2.05) is 12.1 Å². The second kappa shape index (κ2) is 6.27. The van der Waals surface area contributed by atoms with Crippen LogP contribution >= 0.6 is 0 Å². The fourth-order valence-electron chi connectivity index (χ4n) is 4.87. The number of nitrogens with zero attached hydrogens (tertiary/aromatic N) is 1. The van der Waals surface area contributed by atoms with Gasteiger partial charge >= 0.3 is 0 Å². The lowest BCUT2D eigenvalue weighted by molar-refractivity contribution is -0.136. The molecule has 0 bridgehead atoms. The number of carbonyl (C=O) groups is 3. The number of imide groups is 1. The highest BCUT2D eigenvalue weighted by Crippen LogP contribution is 2.36. The van der Waals surface area contributed by atoms with Crippen LogP contribution in [-0.2, 0) is 16.1 Å². The van der Waals surface area contributed by atoms with Crippen molar-refractivity contribution < 1.29 is 14.4 Å². The highest BCUT2D eigenvalue weighted by atomic mass is 16.2. The van der Waals surface area contributed by atoms with Crippen LogP contribution < -0.4 is 10.6 Å². The van der Waals surface area contributed by atoms with E-state index in [1.54, 1.807) is 4.90 Å². The molecule has 1 unspecified atom stereocenters. The fourth-order valence-corrected chi connectivity index (χ4v) is 4.87. The van der Waals surface area contributed by atoms with Crippen LogP contribution in [0.1, 0.15) is 68.4 Å². The molecule has 0 aromatic heterocycles. The van der Waals surface area contributed by atoms with Gasteiger partial charge in [0.2, 0.25) is 11.8 Å². The molecule has 3 aliphatic heterocycles. The summed E-state index contributed by atoms with van der Waals surface area (Å²) in [6, 6.07) is 5.40. The van der Waals surface area contributed by atoms with Crippen molar-refractivity contribution in [3.63, 3.8) is 0 Å². The van der Waals surface area contributed by atoms with Gasteiger partial charge in [-0.05, 0) is 69.4 Å². The molecule has 4 rings (SSSR count). The Labute approximate surface area is 165 Å². The van der Waals surface area contributed by atoms with Gasteiger partial charge in [-0.25, -0.2) is 0 Å². The summed E-state index contributed by atoms with van der Waals surface area (Å²) in [5.74, 6) is -0.769. The molecule has 3 heterocycles. The maximum absolute atomic E-state index is 12.9. The molecule has 2 N–H and O–H groups in total. The van der Waals surface area contributed by atoms with Gasteiger partial charge in [-0.2, -0.15) is 0 Å². The minimum Gasteiger partial charge on any atom is -0.322 e. The van der Waals surface area contributed by atoms with Crippen LogP contribution in [0.3, 0.4) is 0 Å². The van der Waals surface area contributed by atoms with Crippen LogP contribution in [0.4, 0.5) is 0 Å². The molecule has 1 aromatic carbocycles. The van der Waals surface area contributed by atoms with Gasteiger partial charge in [0.25, 0.3) is 5.91 Å². The number of hydrogen-bond donors (Lipinski definition) is 2. The van der Waals surface area contributed by atoms with E-state index in [0.29, 0.717) is 18.5 Å². The van der Waals surface area contributed by atoms with Crippen molar-refractivity contribution in [3.05, 3.63) is 41.0 Å². The lowest BCUT2D eigenvalue weighted by Gasteiger charge is -2.41. The monoisotopic (exact) mass is 381 g/mol. The lowest BCUT2D eigenvalue weighted by atomic mass is 9.80. The van der Waals surface area contributed by atoms with Gasteiger partial charge in [-0.3, -0.25) is 19.7 Å². The third-order valence-electron chi connectivity index (χ3n) is 5.72. The van der Waals surface area contributed by atoms with Crippen LogP contribution in [0, 0.1) is 0 Å². The number of hydrogen-bond acceptors (Lipinski definition) is 4. The number of rotatable bonds is 2. The predicted octanol–water partition coefficient (Wildman–Crippen LogP) is 2.38. The number of piperidine rings is 1. The topological polar surface area (TPSA) is 78.5 Å².